The molecule has 0 bridgehead atoms. The normalized spacial score (nSPS) is 13.8. The van der Waals surface area contributed by atoms with E-state index >= 15 is 0 Å². The van der Waals surface area contributed by atoms with Gasteiger partial charge in [-0.2, -0.15) is 0 Å². The average molecular weight is 653 g/mol. The Hall–Kier alpha value is -5.45. The van der Waals surface area contributed by atoms with Gasteiger partial charge < -0.3 is 23.9 Å². The fraction of sp³-hybridized carbons (Fsp3) is 0.297. The van der Waals surface area contributed by atoms with Crippen LogP contribution in [0.25, 0.3) is 10.9 Å². The number of oxazole rings is 1. The molecule has 11 heteroatoms. The Balaban J connectivity index is 1.26. The van der Waals surface area contributed by atoms with E-state index in [0.717, 1.165) is 27.6 Å². The summed E-state index contributed by atoms with van der Waals surface area (Å²) in [5.41, 5.74) is 4.03. The SMILES string of the molecule is Cc1oc([C@@H](Cc2cn(C)c3ccccc23)NC(=O)[C@@H](C(=O)ON2CCc3ccc(F)cc32)C(C)C)nc1C(=O)OCc1ccccc1. The summed E-state index contributed by atoms with van der Waals surface area (Å²) in [7, 11) is 1.93. The molecule has 1 amide bonds. The van der Waals surface area contributed by atoms with E-state index in [1.807, 2.05) is 72.4 Å². The van der Waals surface area contributed by atoms with E-state index in [-0.39, 0.29) is 30.4 Å². The molecule has 10 nitrogen and oxygen atoms in total. The van der Waals surface area contributed by atoms with Crippen LogP contribution in [0.5, 0.6) is 0 Å². The molecule has 0 spiro atoms. The molecule has 2 atom stereocenters. The number of amides is 1. The average Bonchev–Trinajstić information content (AvgIpc) is 3.74. The Bertz CT molecular complexity index is 1970. The standard InChI is InChI=1S/C37H37FN4O6/c1-22(2)32(36(44)48-42-17-16-25-14-15-27(38)19-31(25)42)34(43)39-29(18-26-20-41(4)30-13-9-8-12-28(26)30)35-40-33(23(3)47-35)37(45)46-21-24-10-6-5-7-11-24/h5-15,19-20,22,29,32H,16-18,21H2,1-4H3,(H,39,43)/t29-,32+/m1/s1. The Labute approximate surface area is 277 Å². The zero-order chi connectivity index (χ0) is 33.9. The highest BCUT2D eigenvalue weighted by atomic mass is 19.1. The number of hydrogen-bond donors (Lipinski definition) is 1. The molecule has 248 valence electrons. The molecule has 3 aromatic carbocycles. The number of nitrogens with one attached hydrogen (secondary N) is 1. The molecule has 3 heterocycles. The quantitative estimate of drug-likeness (QED) is 0.133. The molecule has 48 heavy (non-hydrogen) atoms. The summed E-state index contributed by atoms with van der Waals surface area (Å²) in [6.07, 6.45) is 2.80. The van der Waals surface area contributed by atoms with Crippen LogP contribution >= 0.6 is 0 Å². The van der Waals surface area contributed by atoms with E-state index in [1.54, 1.807) is 26.8 Å². The van der Waals surface area contributed by atoms with Crippen molar-refractivity contribution in [3.8, 4) is 0 Å². The number of anilines is 1. The summed E-state index contributed by atoms with van der Waals surface area (Å²) in [5, 5.41) is 5.28. The molecule has 0 aliphatic carbocycles. The van der Waals surface area contributed by atoms with Crippen LogP contribution < -0.4 is 10.4 Å². The number of fused-ring (bicyclic) bond motifs is 2. The molecule has 1 aliphatic heterocycles. The maximum Gasteiger partial charge on any atom is 0.360 e. The third-order valence-electron chi connectivity index (χ3n) is 8.54. The van der Waals surface area contributed by atoms with Gasteiger partial charge in [0.05, 0.1) is 12.2 Å². The zero-order valence-electron chi connectivity index (χ0n) is 27.2. The van der Waals surface area contributed by atoms with Gasteiger partial charge in [0.1, 0.15) is 30.1 Å². The van der Waals surface area contributed by atoms with Crippen molar-refractivity contribution in [2.75, 3.05) is 11.6 Å². The third-order valence-corrected chi connectivity index (χ3v) is 8.54. The van der Waals surface area contributed by atoms with Gasteiger partial charge in [0.2, 0.25) is 11.8 Å². The summed E-state index contributed by atoms with van der Waals surface area (Å²) in [6.45, 7) is 5.51. The second kappa shape index (κ2) is 13.7. The van der Waals surface area contributed by atoms with Crippen LogP contribution in [0, 0.1) is 24.6 Å². The van der Waals surface area contributed by atoms with Gasteiger partial charge in [-0.15, -0.1) is 0 Å². The van der Waals surface area contributed by atoms with Crippen molar-refractivity contribution in [1.29, 1.82) is 0 Å². The van der Waals surface area contributed by atoms with Gasteiger partial charge in [-0.05, 0) is 48.1 Å². The second-order valence-electron chi connectivity index (χ2n) is 12.3. The largest absolute Gasteiger partial charge is 0.456 e. The van der Waals surface area contributed by atoms with Crippen LogP contribution in [0.4, 0.5) is 10.1 Å². The predicted molar refractivity (Wildman–Crippen MR) is 176 cm³/mol. The van der Waals surface area contributed by atoms with Crippen LogP contribution in [0.15, 0.2) is 83.4 Å². The highest BCUT2D eigenvalue weighted by molar-refractivity contribution is 5.98. The lowest BCUT2D eigenvalue weighted by molar-refractivity contribution is -0.155. The number of carbonyl (C=O) groups is 3. The molecular weight excluding hydrogens is 615 g/mol. The fourth-order valence-electron chi connectivity index (χ4n) is 6.08. The van der Waals surface area contributed by atoms with E-state index < -0.39 is 41.5 Å². The molecule has 0 saturated heterocycles. The highest BCUT2D eigenvalue weighted by Crippen LogP contribution is 2.31. The van der Waals surface area contributed by atoms with E-state index in [4.69, 9.17) is 14.0 Å². The number of para-hydroxylation sites is 1. The van der Waals surface area contributed by atoms with Crippen molar-refractivity contribution in [2.24, 2.45) is 18.9 Å². The predicted octanol–water partition coefficient (Wildman–Crippen LogP) is 6.16. The maximum atomic E-state index is 14.0. The number of benzene rings is 3. The Morgan fingerprint density at radius 1 is 1.04 bits per heavy atom. The summed E-state index contributed by atoms with van der Waals surface area (Å²) >= 11 is 0. The molecule has 0 saturated carbocycles. The number of esters is 1. The summed E-state index contributed by atoms with van der Waals surface area (Å²) in [4.78, 5) is 50.8. The van der Waals surface area contributed by atoms with Crippen molar-refractivity contribution in [2.45, 2.75) is 46.3 Å². The van der Waals surface area contributed by atoms with Crippen molar-refractivity contribution < 1.29 is 32.8 Å². The molecule has 2 aromatic heterocycles. The van der Waals surface area contributed by atoms with Crippen LogP contribution in [0.1, 0.15) is 58.7 Å². The Morgan fingerprint density at radius 2 is 1.79 bits per heavy atom. The molecule has 1 N–H and O–H groups in total. The first-order chi connectivity index (χ1) is 23.1. The van der Waals surface area contributed by atoms with E-state index in [0.29, 0.717) is 18.7 Å². The van der Waals surface area contributed by atoms with Gasteiger partial charge in [-0.25, -0.2) is 24.0 Å². The topological polar surface area (TPSA) is 116 Å². The number of hydrogen-bond acceptors (Lipinski definition) is 8. The van der Waals surface area contributed by atoms with Crippen LogP contribution in [0.3, 0.4) is 0 Å². The number of carbonyl (C=O) groups excluding carboxylic acids is 3. The lowest BCUT2D eigenvalue weighted by atomic mass is 9.94. The summed E-state index contributed by atoms with van der Waals surface area (Å²) in [5.74, 6) is -3.78. The van der Waals surface area contributed by atoms with E-state index in [9.17, 15) is 18.8 Å². The van der Waals surface area contributed by atoms with E-state index in [1.165, 1.54) is 17.2 Å². The molecule has 0 unspecified atom stereocenters. The van der Waals surface area contributed by atoms with Crippen LogP contribution in [0.2, 0.25) is 0 Å². The Kier molecular flexibility index (Phi) is 9.29. The second-order valence-corrected chi connectivity index (χ2v) is 12.3. The van der Waals surface area contributed by atoms with Crippen LogP contribution in [-0.2, 0) is 45.7 Å². The van der Waals surface area contributed by atoms with Gasteiger partial charge in [-0.3, -0.25) is 4.79 Å². The molecule has 1 aliphatic rings. The minimum Gasteiger partial charge on any atom is -0.456 e. The number of aryl methyl sites for hydroxylation is 2. The number of aromatic nitrogens is 2. The summed E-state index contributed by atoms with van der Waals surface area (Å²) < 4.78 is 27.5. The van der Waals surface area contributed by atoms with Crippen molar-refractivity contribution in [3.05, 3.63) is 119 Å². The minimum atomic E-state index is -1.20. The number of halogens is 1. The van der Waals surface area contributed by atoms with Gasteiger partial charge >= 0.3 is 11.9 Å². The Morgan fingerprint density at radius 3 is 2.56 bits per heavy atom. The molecule has 0 fully saturated rings. The third kappa shape index (κ3) is 6.80. The van der Waals surface area contributed by atoms with Gasteiger partial charge in [0, 0.05) is 36.6 Å². The highest BCUT2D eigenvalue weighted by Gasteiger charge is 2.37. The minimum absolute atomic E-state index is 0.00199. The maximum absolute atomic E-state index is 14.0. The lowest BCUT2D eigenvalue weighted by Gasteiger charge is -2.25. The van der Waals surface area contributed by atoms with Crippen molar-refractivity contribution in [1.82, 2.24) is 14.9 Å². The molecule has 0 radical (unpaired) electrons. The van der Waals surface area contributed by atoms with Crippen LogP contribution in [-0.4, -0.2) is 33.9 Å². The molecule has 6 rings (SSSR count). The van der Waals surface area contributed by atoms with Gasteiger partial charge in [-0.1, -0.05) is 68.4 Å². The van der Waals surface area contributed by atoms with E-state index in [2.05, 4.69) is 10.3 Å². The molecular formula is C37H37FN4O6. The summed E-state index contributed by atoms with van der Waals surface area (Å²) in [6, 6.07) is 20.6. The monoisotopic (exact) mass is 652 g/mol. The zero-order valence-corrected chi connectivity index (χ0v) is 27.2. The first-order valence-corrected chi connectivity index (χ1v) is 15.9. The lowest BCUT2D eigenvalue weighted by Crippen LogP contribution is -2.43. The van der Waals surface area contributed by atoms with Crippen molar-refractivity contribution in [3.63, 3.8) is 0 Å². The first-order valence-electron chi connectivity index (χ1n) is 15.9. The fourth-order valence-corrected chi connectivity index (χ4v) is 6.08. The van der Waals surface area contributed by atoms with Gasteiger partial charge in [0.15, 0.2) is 5.69 Å². The number of nitrogens with zero attached hydrogens (tertiary/aromatic N) is 3. The number of hydroxylamine groups is 1. The number of ether oxygens (including phenoxy) is 1. The van der Waals surface area contributed by atoms with Crippen molar-refractivity contribution >= 4 is 34.4 Å². The first kappa shape index (κ1) is 32.5. The smallest absolute Gasteiger partial charge is 0.360 e. The number of rotatable bonds is 11. The van der Waals surface area contributed by atoms with Gasteiger partial charge in [0.25, 0.3) is 0 Å². The molecule has 5 aromatic rings.